The molecule has 0 N–H and O–H groups in total. The number of carbonyl (C=O) groups is 1. The van der Waals surface area contributed by atoms with Crippen molar-refractivity contribution in [2.75, 3.05) is 0 Å². The molecule has 0 aliphatic carbocycles. The minimum atomic E-state index is -0.481. The van der Waals surface area contributed by atoms with Crippen molar-refractivity contribution in [1.29, 1.82) is 0 Å². The molecule has 0 atom stereocenters. The second-order valence-electron chi connectivity index (χ2n) is 4.73. The van der Waals surface area contributed by atoms with Gasteiger partial charge in [0.2, 0.25) is 0 Å². The van der Waals surface area contributed by atoms with Gasteiger partial charge in [0.05, 0.1) is 0 Å². The molecule has 0 bridgehead atoms. The topological polar surface area (TPSA) is 26.3 Å². The largest absolute Gasteiger partial charge is 0.489 e. The SMILES string of the molecule is O=C(Cl)c1cccc(OCc2cccc3ccccc23)c1. The molecule has 3 rings (SSSR count). The summed E-state index contributed by atoms with van der Waals surface area (Å²) in [4.78, 5) is 11.2. The predicted octanol–water partition coefficient (Wildman–Crippen LogP) is 4.80. The molecule has 0 radical (unpaired) electrons. The van der Waals surface area contributed by atoms with Crippen LogP contribution in [0.15, 0.2) is 66.7 Å². The van der Waals surface area contributed by atoms with Gasteiger partial charge in [0.15, 0.2) is 0 Å². The molecule has 0 aromatic heterocycles. The summed E-state index contributed by atoms with van der Waals surface area (Å²) in [6.45, 7) is 0.446. The zero-order chi connectivity index (χ0) is 14.7. The number of fused-ring (bicyclic) bond motifs is 1. The Kier molecular flexibility index (Phi) is 3.89. The Balaban J connectivity index is 1.84. The first-order chi connectivity index (χ1) is 10.2. The first-order valence-electron chi connectivity index (χ1n) is 6.63. The van der Waals surface area contributed by atoms with Crippen molar-refractivity contribution in [2.24, 2.45) is 0 Å². The molecule has 0 aliphatic rings. The van der Waals surface area contributed by atoms with Gasteiger partial charge in [-0.05, 0) is 46.1 Å². The van der Waals surface area contributed by atoms with E-state index >= 15 is 0 Å². The quantitative estimate of drug-likeness (QED) is 0.647. The number of halogens is 1. The summed E-state index contributed by atoms with van der Waals surface area (Å²) >= 11 is 5.48. The summed E-state index contributed by atoms with van der Waals surface area (Å²) in [5.41, 5.74) is 1.54. The van der Waals surface area contributed by atoms with E-state index < -0.39 is 5.24 Å². The van der Waals surface area contributed by atoms with Crippen molar-refractivity contribution < 1.29 is 9.53 Å². The monoisotopic (exact) mass is 296 g/mol. The van der Waals surface area contributed by atoms with E-state index in [1.54, 1.807) is 18.2 Å². The van der Waals surface area contributed by atoms with Crippen molar-refractivity contribution >= 4 is 27.6 Å². The van der Waals surface area contributed by atoms with Crippen LogP contribution in [-0.2, 0) is 6.61 Å². The zero-order valence-electron chi connectivity index (χ0n) is 11.3. The standard InChI is InChI=1S/C18H13ClO2/c19-18(20)14-7-4-9-16(11-14)21-12-15-8-3-6-13-5-1-2-10-17(13)15/h1-11H,12H2. The van der Waals surface area contributed by atoms with E-state index in [0.717, 1.165) is 5.56 Å². The van der Waals surface area contributed by atoms with Crippen LogP contribution in [0, 0.1) is 0 Å². The summed E-state index contributed by atoms with van der Waals surface area (Å²) < 4.78 is 5.78. The molecule has 0 amide bonds. The van der Waals surface area contributed by atoms with Crippen LogP contribution in [0.4, 0.5) is 0 Å². The normalized spacial score (nSPS) is 10.5. The Hall–Kier alpha value is -2.32. The lowest BCUT2D eigenvalue weighted by atomic mass is 10.1. The fraction of sp³-hybridized carbons (Fsp3) is 0.0556. The van der Waals surface area contributed by atoms with Crippen LogP contribution in [-0.4, -0.2) is 5.24 Å². The first-order valence-corrected chi connectivity index (χ1v) is 7.01. The minimum absolute atomic E-state index is 0.437. The molecule has 0 saturated heterocycles. The maximum Gasteiger partial charge on any atom is 0.252 e. The van der Waals surface area contributed by atoms with Gasteiger partial charge in [-0.1, -0.05) is 48.5 Å². The lowest BCUT2D eigenvalue weighted by Gasteiger charge is -2.09. The van der Waals surface area contributed by atoms with Gasteiger partial charge in [-0.25, -0.2) is 0 Å². The van der Waals surface area contributed by atoms with Crippen LogP contribution in [0.2, 0.25) is 0 Å². The van der Waals surface area contributed by atoms with Crippen LogP contribution < -0.4 is 4.74 Å². The number of benzene rings is 3. The van der Waals surface area contributed by atoms with E-state index in [2.05, 4.69) is 18.2 Å². The molecule has 0 fully saturated rings. The van der Waals surface area contributed by atoms with Gasteiger partial charge in [0, 0.05) is 5.56 Å². The molecule has 3 aromatic carbocycles. The van der Waals surface area contributed by atoms with Crippen LogP contribution >= 0.6 is 11.6 Å². The predicted molar refractivity (Wildman–Crippen MR) is 84.9 cm³/mol. The zero-order valence-corrected chi connectivity index (χ0v) is 12.0. The Labute approximate surface area is 127 Å². The van der Waals surface area contributed by atoms with Crippen LogP contribution in [0.25, 0.3) is 10.8 Å². The Bertz CT molecular complexity index is 791. The van der Waals surface area contributed by atoms with Gasteiger partial charge in [-0.3, -0.25) is 4.79 Å². The number of hydrogen-bond acceptors (Lipinski definition) is 2. The van der Waals surface area contributed by atoms with Crippen LogP contribution in [0.5, 0.6) is 5.75 Å². The van der Waals surface area contributed by atoms with Gasteiger partial charge < -0.3 is 4.74 Å². The van der Waals surface area contributed by atoms with Crippen molar-refractivity contribution in [1.82, 2.24) is 0 Å². The molecule has 0 saturated carbocycles. The average Bonchev–Trinajstić information content (AvgIpc) is 2.53. The lowest BCUT2D eigenvalue weighted by Crippen LogP contribution is -1.97. The highest BCUT2D eigenvalue weighted by atomic mass is 35.5. The lowest BCUT2D eigenvalue weighted by molar-refractivity contribution is 0.108. The molecule has 21 heavy (non-hydrogen) atoms. The summed E-state index contributed by atoms with van der Waals surface area (Å²) in [6, 6.07) is 21.2. The van der Waals surface area contributed by atoms with Gasteiger partial charge >= 0.3 is 0 Å². The highest BCUT2D eigenvalue weighted by Crippen LogP contribution is 2.21. The highest BCUT2D eigenvalue weighted by molar-refractivity contribution is 6.67. The van der Waals surface area contributed by atoms with Gasteiger partial charge in [0.25, 0.3) is 5.24 Å². The molecular weight excluding hydrogens is 284 g/mol. The number of ether oxygens (including phenoxy) is 1. The average molecular weight is 297 g/mol. The van der Waals surface area contributed by atoms with Gasteiger partial charge in [-0.2, -0.15) is 0 Å². The van der Waals surface area contributed by atoms with Crippen LogP contribution in [0.3, 0.4) is 0 Å². The molecule has 0 heterocycles. The molecule has 104 valence electrons. The van der Waals surface area contributed by atoms with E-state index in [1.165, 1.54) is 10.8 Å². The van der Waals surface area contributed by atoms with Crippen molar-refractivity contribution in [2.45, 2.75) is 6.61 Å². The van der Waals surface area contributed by atoms with Gasteiger partial charge in [0.1, 0.15) is 12.4 Å². The number of carbonyl (C=O) groups excluding carboxylic acids is 1. The Morgan fingerprint density at radius 2 is 1.71 bits per heavy atom. The molecule has 2 nitrogen and oxygen atoms in total. The van der Waals surface area contributed by atoms with E-state index in [-0.39, 0.29) is 0 Å². The third kappa shape index (κ3) is 3.06. The molecule has 0 unspecified atom stereocenters. The third-order valence-electron chi connectivity index (χ3n) is 3.34. The molecular formula is C18H13ClO2. The van der Waals surface area contributed by atoms with Crippen molar-refractivity contribution in [3.8, 4) is 5.75 Å². The first kappa shape index (κ1) is 13.7. The molecule has 3 aromatic rings. The maximum atomic E-state index is 11.2. The Morgan fingerprint density at radius 1 is 0.952 bits per heavy atom. The van der Waals surface area contributed by atoms with E-state index in [1.807, 2.05) is 30.3 Å². The molecule has 0 aliphatic heterocycles. The summed E-state index contributed by atoms with van der Waals surface area (Å²) in [6.07, 6.45) is 0. The van der Waals surface area contributed by atoms with Crippen LogP contribution in [0.1, 0.15) is 15.9 Å². The second kappa shape index (κ2) is 5.98. The summed E-state index contributed by atoms with van der Waals surface area (Å²) in [7, 11) is 0. The minimum Gasteiger partial charge on any atom is -0.489 e. The second-order valence-corrected chi connectivity index (χ2v) is 5.07. The number of hydrogen-bond donors (Lipinski definition) is 0. The smallest absolute Gasteiger partial charge is 0.252 e. The summed E-state index contributed by atoms with van der Waals surface area (Å²) in [5.74, 6) is 0.634. The summed E-state index contributed by atoms with van der Waals surface area (Å²) in [5, 5.41) is 1.87. The Morgan fingerprint density at radius 3 is 2.57 bits per heavy atom. The highest BCUT2D eigenvalue weighted by Gasteiger charge is 2.05. The van der Waals surface area contributed by atoms with Gasteiger partial charge in [-0.15, -0.1) is 0 Å². The molecule has 3 heteroatoms. The van der Waals surface area contributed by atoms with E-state index in [9.17, 15) is 4.79 Å². The van der Waals surface area contributed by atoms with Crippen molar-refractivity contribution in [3.63, 3.8) is 0 Å². The molecule has 0 spiro atoms. The fourth-order valence-electron chi connectivity index (χ4n) is 2.29. The number of rotatable bonds is 4. The fourth-order valence-corrected chi connectivity index (χ4v) is 2.41. The van der Waals surface area contributed by atoms with E-state index in [0.29, 0.717) is 17.9 Å². The maximum absolute atomic E-state index is 11.2. The van der Waals surface area contributed by atoms with Crippen molar-refractivity contribution in [3.05, 3.63) is 77.9 Å². The third-order valence-corrected chi connectivity index (χ3v) is 3.55. The van der Waals surface area contributed by atoms with E-state index in [4.69, 9.17) is 16.3 Å².